The minimum absolute atomic E-state index is 0.358. The summed E-state index contributed by atoms with van der Waals surface area (Å²) in [5, 5.41) is 9.69. The molecule has 22 heavy (non-hydrogen) atoms. The predicted molar refractivity (Wildman–Crippen MR) is 87.4 cm³/mol. The van der Waals surface area contributed by atoms with Crippen molar-refractivity contribution in [3.05, 3.63) is 24.3 Å². The van der Waals surface area contributed by atoms with Crippen molar-refractivity contribution in [1.29, 1.82) is 0 Å². The zero-order chi connectivity index (χ0) is 15.4. The summed E-state index contributed by atoms with van der Waals surface area (Å²) in [6.45, 7) is 3.86. The van der Waals surface area contributed by atoms with Crippen LogP contribution in [-0.4, -0.2) is 40.3 Å². The van der Waals surface area contributed by atoms with Crippen molar-refractivity contribution in [3.8, 4) is 17.1 Å². The highest BCUT2D eigenvalue weighted by Crippen LogP contribution is 2.27. The maximum Gasteiger partial charge on any atom is 0.191 e. The average molecular weight is 319 g/mol. The van der Waals surface area contributed by atoms with Crippen molar-refractivity contribution >= 4 is 11.8 Å². The molecule has 0 bridgehead atoms. The van der Waals surface area contributed by atoms with E-state index in [2.05, 4.69) is 21.7 Å². The first-order chi connectivity index (χ1) is 10.8. The molecule has 1 aromatic carbocycles. The molecule has 2 aromatic rings. The Morgan fingerprint density at radius 3 is 2.77 bits per heavy atom. The third-order valence-electron chi connectivity index (χ3n) is 3.80. The van der Waals surface area contributed by atoms with Gasteiger partial charge >= 0.3 is 0 Å². The quantitative estimate of drug-likeness (QED) is 0.765. The molecule has 1 aliphatic heterocycles. The summed E-state index contributed by atoms with van der Waals surface area (Å²) in [4.78, 5) is 0. The van der Waals surface area contributed by atoms with E-state index in [1.807, 2.05) is 24.3 Å². The van der Waals surface area contributed by atoms with Crippen molar-refractivity contribution in [3.63, 3.8) is 0 Å². The van der Waals surface area contributed by atoms with Crippen molar-refractivity contribution in [1.82, 2.24) is 14.8 Å². The topological polar surface area (TPSA) is 49.2 Å². The maximum atomic E-state index is 5.67. The minimum atomic E-state index is 0.358. The number of hydrogen-bond donors (Lipinski definition) is 0. The summed E-state index contributed by atoms with van der Waals surface area (Å²) in [5.41, 5.74) is 1.05. The summed E-state index contributed by atoms with van der Waals surface area (Å²) >= 11 is 1.73. The third-order valence-corrected chi connectivity index (χ3v) is 4.90. The SMILES string of the molecule is CCn1c(SCC2CCCO2)nnc1-c1ccc(OC)cc1. The van der Waals surface area contributed by atoms with Gasteiger partial charge in [-0.3, -0.25) is 0 Å². The fourth-order valence-corrected chi connectivity index (χ4v) is 3.65. The van der Waals surface area contributed by atoms with E-state index in [1.54, 1.807) is 18.9 Å². The van der Waals surface area contributed by atoms with Crippen LogP contribution in [0.4, 0.5) is 0 Å². The molecule has 5 nitrogen and oxygen atoms in total. The molecule has 0 aliphatic carbocycles. The Labute approximate surface area is 135 Å². The van der Waals surface area contributed by atoms with Crippen LogP contribution in [0.25, 0.3) is 11.4 Å². The first-order valence-corrected chi connectivity index (χ1v) is 8.62. The molecule has 1 saturated heterocycles. The summed E-state index contributed by atoms with van der Waals surface area (Å²) in [6, 6.07) is 7.93. The highest BCUT2D eigenvalue weighted by Gasteiger charge is 2.19. The molecule has 0 radical (unpaired) electrons. The first-order valence-electron chi connectivity index (χ1n) is 7.64. The Kier molecular flexibility index (Phi) is 5.00. The van der Waals surface area contributed by atoms with Gasteiger partial charge in [0.1, 0.15) is 5.75 Å². The molecule has 6 heteroatoms. The molecular formula is C16H21N3O2S. The summed E-state index contributed by atoms with van der Waals surface area (Å²) in [5.74, 6) is 2.69. The lowest BCUT2D eigenvalue weighted by molar-refractivity contribution is 0.129. The minimum Gasteiger partial charge on any atom is -0.497 e. The summed E-state index contributed by atoms with van der Waals surface area (Å²) in [7, 11) is 1.67. The maximum absolute atomic E-state index is 5.67. The highest BCUT2D eigenvalue weighted by molar-refractivity contribution is 7.99. The van der Waals surface area contributed by atoms with Crippen molar-refractivity contribution in [2.75, 3.05) is 19.5 Å². The monoisotopic (exact) mass is 319 g/mol. The lowest BCUT2D eigenvalue weighted by atomic mass is 10.2. The van der Waals surface area contributed by atoms with E-state index < -0.39 is 0 Å². The molecule has 2 heterocycles. The molecule has 1 aromatic heterocycles. The van der Waals surface area contributed by atoms with Crippen LogP contribution in [0.2, 0.25) is 0 Å². The molecular weight excluding hydrogens is 298 g/mol. The van der Waals surface area contributed by atoms with Crippen LogP contribution in [0.15, 0.2) is 29.4 Å². The Morgan fingerprint density at radius 1 is 1.32 bits per heavy atom. The second kappa shape index (κ2) is 7.15. The van der Waals surface area contributed by atoms with Crippen LogP contribution in [0.3, 0.4) is 0 Å². The van der Waals surface area contributed by atoms with Gasteiger partial charge in [-0.2, -0.15) is 0 Å². The molecule has 1 atom stereocenters. The van der Waals surface area contributed by atoms with Gasteiger partial charge in [0.15, 0.2) is 11.0 Å². The normalized spacial score (nSPS) is 17.8. The molecule has 0 N–H and O–H groups in total. The van der Waals surface area contributed by atoms with Crippen LogP contribution in [-0.2, 0) is 11.3 Å². The number of thioether (sulfide) groups is 1. The summed E-state index contributed by atoms with van der Waals surface area (Å²) in [6.07, 6.45) is 2.68. The number of benzene rings is 1. The number of aromatic nitrogens is 3. The Balaban J connectivity index is 1.76. The molecule has 1 fully saturated rings. The second-order valence-corrected chi connectivity index (χ2v) is 6.21. The van der Waals surface area contributed by atoms with E-state index in [9.17, 15) is 0 Å². The number of ether oxygens (including phenoxy) is 2. The Bertz CT molecular complexity index is 606. The smallest absolute Gasteiger partial charge is 0.191 e. The standard InChI is InChI=1S/C16H21N3O2S/c1-3-19-15(12-6-8-13(20-2)9-7-12)17-18-16(19)22-11-14-5-4-10-21-14/h6-9,14H,3-5,10-11H2,1-2H3. The fraction of sp³-hybridized carbons (Fsp3) is 0.500. The second-order valence-electron chi connectivity index (χ2n) is 5.22. The molecule has 1 aliphatic rings. The van der Waals surface area contributed by atoms with Crippen LogP contribution >= 0.6 is 11.8 Å². The van der Waals surface area contributed by atoms with E-state index >= 15 is 0 Å². The van der Waals surface area contributed by atoms with Crippen LogP contribution < -0.4 is 4.74 Å². The van der Waals surface area contributed by atoms with Gasteiger partial charge in [0, 0.05) is 24.5 Å². The molecule has 0 saturated carbocycles. The summed E-state index contributed by atoms with van der Waals surface area (Å²) < 4.78 is 13.0. The van der Waals surface area contributed by atoms with Gasteiger partial charge in [0.25, 0.3) is 0 Å². The molecule has 0 amide bonds. The number of hydrogen-bond acceptors (Lipinski definition) is 5. The molecule has 0 spiro atoms. The van der Waals surface area contributed by atoms with Gasteiger partial charge in [-0.05, 0) is 44.0 Å². The fourth-order valence-electron chi connectivity index (χ4n) is 2.58. The average Bonchev–Trinajstić information content (AvgIpc) is 3.22. The van der Waals surface area contributed by atoms with E-state index in [4.69, 9.17) is 9.47 Å². The Morgan fingerprint density at radius 2 is 2.14 bits per heavy atom. The lowest BCUT2D eigenvalue weighted by Gasteiger charge is -2.10. The first kappa shape index (κ1) is 15.4. The van der Waals surface area contributed by atoms with E-state index in [1.165, 1.54) is 6.42 Å². The van der Waals surface area contributed by atoms with Gasteiger partial charge in [0.2, 0.25) is 0 Å². The van der Waals surface area contributed by atoms with Crippen molar-refractivity contribution < 1.29 is 9.47 Å². The molecule has 1 unspecified atom stereocenters. The van der Waals surface area contributed by atoms with Crippen molar-refractivity contribution in [2.45, 2.75) is 37.6 Å². The van der Waals surface area contributed by atoms with Gasteiger partial charge in [-0.1, -0.05) is 11.8 Å². The van der Waals surface area contributed by atoms with E-state index in [0.717, 1.165) is 47.6 Å². The largest absolute Gasteiger partial charge is 0.497 e. The van der Waals surface area contributed by atoms with Gasteiger partial charge < -0.3 is 14.0 Å². The lowest BCUT2D eigenvalue weighted by Crippen LogP contribution is -2.09. The Hall–Kier alpha value is -1.53. The highest BCUT2D eigenvalue weighted by atomic mass is 32.2. The zero-order valence-electron chi connectivity index (χ0n) is 13.0. The zero-order valence-corrected chi connectivity index (χ0v) is 13.8. The third kappa shape index (κ3) is 3.28. The molecule has 3 rings (SSSR count). The number of methoxy groups -OCH3 is 1. The van der Waals surface area contributed by atoms with E-state index in [-0.39, 0.29) is 0 Å². The predicted octanol–water partition coefficient (Wildman–Crippen LogP) is 3.24. The van der Waals surface area contributed by atoms with Crippen molar-refractivity contribution in [2.24, 2.45) is 0 Å². The number of nitrogens with zero attached hydrogens (tertiary/aromatic N) is 3. The van der Waals surface area contributed by atoms with Gasteiger partial charge in [0.05, 0.1) is 13.2 Å². The van der Waals surface area contributed by atoms with Crippen LogP contribution in [0.1, 0.15) is 19.8 Å². The van der Waals surface area contributed by atoms with Crippen LogP contribution in [0.5, 0.6) is 5.75 Å². The van der Waals surface area contributed by atoms with Gasteiger partial charge in [-0.15, -0.1) is 10.2 Å². The van der Waals surface area contributed by atoms with Gasteiger partial charge in [-0.25, -0.2) is 0 Å². The number of rotatable bonds is 6. The molecule has 118 valence electrons. The van der Waals surface area contributed by atoms with Crippen LogP contribution in [0, 0.1) is 0 Å². The van der Waals surface area contributed by atoms with E-state index in [0.29, 0.717) is 6.10 Å².